The van der Waals surface area contributed by atoms with Crippen molar-refractivity contribution in [1.29, 1.82) is 0 Å². The average Bonchev–Trinajstić information content (AvgIpc) is 3.49. The molecule has 0 radical (unpaired) electrons. The maximum Gasteiger partial charge on any atom is 0.243 e. The Morgan fingerprint density at radius 1 is 0.941 bits per heavy atom. The number of anilines is 1. The predicted molar refractivity (Wildman–Crippen MR) is 130 cm³/mol. The second-order valence-electron chi connectivity index (χ2n) is 9.54. The van der Waals surface area contributed by atoms with Crippen LogP contribution in [0.3, 0.4) is 0 Å². The summed E-state index contributed by atoms with van der Waals surface area (Å²) in [4.78, 5) is 27.4. The smallest absolute Gasteiger partial charge is 0.243 e. The quantitative estimate of drug-likeness (QED) is 0.687. The summed E-state index contributed by atoms with van der Waals surface area (Å²) in [6, 6.07) is 12.9. The van der Waals surface area contributed by atoms with Crippen LogP contribution in [0, 0.1) is 5.92 Å². The summed E-state index contributed by atoms with van der Waals surface area (Å²) in [7, 11) is -3.46. The highest BCUT2D eigenvalue weighted by Crippen LogP contribution is 2.30. The lowest BCUT2D eigenvalue weighted by molar-refractivity contribution is -0.126. The van der Waals surface area contributed by atoms with E-state index in [4.69, 9.17) is 0 Å². The number of fused-ring (bicyclic) bond motifs is 1. The molecule has 8 heteroatoms. The fourth-order valence-electron chi connectivity index (χ4n) is 5.23. The van der Waals surface area contributed by atoms with Crippen LogP contribution in [-0.2, 0) is 39.0 Å². The fraction of sp³-hybridized carbons (Fsp3) is 0.462. The lowest BCUT2D eigenvalue weighted by atomic mass is 10.1. The zero-order valence-corrected chi connectivity index (χ0v) is 20.1. The molecule has 0 spiro atoms. The minimum Gasteiger partial charge on any atom is -0.352 e. The van der Waals surface area contributed by atoms with Gasteiger partial charge in [-0.05, 0) is 73.1 Å². The number of piperidine rings is 1. The van der Waals surface area contributed by atoms with Gasteiger partial charge in [-0.3, -0.25) is 9.59 Å². The molecule has 2 aromatic carbocycles. The second-order valence-corrected chi connectivity index (χ2v) is 11.5. The molecule has 2 amide bonds. The van der Waals surface area contributed by atoms with E-state index < -0.39 is 10.0 Å². The lowest BCUT2D eigenvalue weighted by Gasteiger charge is -2.25. The Kier molecular flexibility index (Phi) is 6.44. The normalized spacial score (nSPS) is 21.0. The van der Waals surface area contributed by atoms with Gasteiger partial charge in [-0.2, -0.15) is 4.31 Å². The number of sulfonamides is 1. The molecule has 0 aromatic heterocycles. The van der Waals surface area contributed by atoms with Crippen molar-refractivity contribution in [2.24, 2.45) is 5.92 Å². The molecule has 1 atom stereocenters. The summed E-state index contributed by atoms with van der Waals surface area (Å²) in [6.07, 6.45) is 6.38. The van der Waals surface area contributed by atoms with Gasteiger partial charge in [0.1, 0.15) is 0 Å². The summed E-state index contributed by atoms with van der Waals surface area (Å²) in [6.45, 7) is 1.83. The van der Waals surface area contributed by atoms with Crippen molar-refractivity contribution < 1.29 is 18.0 Å². The number of hydrogen-bond donors (Lipinski definition) is 1. The molecule has 0 bridgehead atoms. The van der Waals surface area contributed by atoms with E-state index in [1.165, 1.54) is 11.1 Å². The summed E-state index contributed by atoms with van der Waals surface area (Å²) in [5.41, 5.74) is 4.38. The Hall–Kier alpha value is -2.71. The van der Waals surface area contributed by atoms with E-state index in [1.54, 1.807) is 33.5 Å². The SMILES string of the molecule is O=C(NCc1ccc(S(=O)(=O)N2CCCCC2)cc1)C1CC(=O)N(c2ccc3c(c2)CCC3)C1. The largest absolute Gasteiger partial charge is 0.352 e. The highest BCUT2D eigenvalue weighted by atomic mass is 32.2. The number of aryl methyl sites for hydroxylation is 2. The maximum atomic E-state index is 12.8. The van der Waals surface area contributed by atoms with Crippen LogP contribution in [0.4, 0.5) is 5.69 Å². The van der Waals surface area contributed by atoms with Crippen LogP contribution >= 0.6 is 0 Å². The highest BCUT2D eigenvalue weighted by molar-refractivity contribution is 7.89. The van der Waals surface area contributed by atoms with Crippen molar-refractivity contribution in [3.63, 3.8) is 0 Å². The minimum absolute atomic E-state index is 0.0228. The number of rotatable bonds is 6. The molecule has 34 heavy (non-hydrogen) atoms. The first-order valence-electron chi connectivity index (χ1n) is 12.2. The number of carbonyl (C=O) groups is 2. The van der Waals surface area contributed by atoms with Crippen LogP contribution in [0.5, 0.6) is 0 Å². The van der Waals surface area contributed by atoms with Gasteiger partial charge in [0.05, 0.1) is 10.8 Å². The van der Waals surface area contributed by atoms with Crippen LogP contribution in [0.1, 0.15) is 48.8 Å². The zero-order valence-electron chi connectivity index (χ0n) is 19.3. The van der Waals surface area contributed by atoms with Crippen LogP contribution in [0.2, 0.25) is 0 Å². The second kappa shape index (κ2) is 9.50. The van der Waals surface area contributed by atoms with Gasteiger partial charge in [-0.15, -0.1) is 0 Å². The molecule has 1 N–H and O–H groups in total. The molecular formula is C26H31N3O4S. The average molecular weight is 482 g/mol. The standard InChI is InChI=1S/C26H31N3O4S/c30-25-16-22(18-29(25)23-10-9-20-5-4-6-21(20)15-23)26(31)27-17-19-7-11-24(12-8-19)34(32,33)28-13-2-1-3-14-28/h7-12,15,22H,1-6,13-14,16-18H2,(H,27,31). The molecule has 7 nitrogen and oxygen atoms in total. The Morgan fingerprint density at radius 2 is 1.68 bits per heavy atom. The minimum atomic E-state index is -3.46. The topological polar surface area (TPSA) is 86.8 Å². The van der Waals surface area contributed by atoms with E-state index in [2.05, 4.69) is 17.4 Å². The molecular weight excluding hydrogens is 450 g/mol. The Labute approximate surface area is 201 Å². The summed E-state index contributed by atoms with van der Waals surface area (Å²) in [5, 5.41) is 2.92. The van der Waals surface area contributed by atoms with Gasteiger partial charge < -0.3 is 10.2 Å². The third kappa shape index (κ3) is 4.61. The van der Waals surface area contributed by atoms with Gasteiger partial charge in [0.15, 0.2) is 0 Å². The highest BCUT2D eigenvalue weighted by Gasteiger charge is 2.35. The number of nitrogens with zero attached hydrogens (tertiary/aromatic N) is 2. The van der Waals surface area contributed by atoms with Crippen LogP contribution in [-0.4, -0.2) is 44.2 Å². The van der Waals surface area contributed by atoms with Gasteiger partial charge in [-0.1, -0.05) is 24.6 Å². The zero-order chi connectivity index (χ0) is 23.7. The molecule has 2 aliphatic heterocycles. The molecule has 2 fully saturated rings. The van der Waals surface area contributed by atoms with Gasteiger partial charge in [-0.25, -0.2) is 8.42 Å². The van der Waals surface area contributed by atoms with Crippen LogP contribution in [0.15, 0.2) is 47.4 Å². The molecule has 1 aliphatic carbocycles. The van der Waals surface area contributed by atoms with E-state index in [0.29, 0.717) is 26.2 Å². The van der Waals surface area contributed by atoms with Crippen molar-refractivity contribution in [3.05, 3.63) is 59.2 Å². The lowest BCUT2D eigenvalue weighted by Crippen LogP contribution is -2.35. The maximum absolute atomic E-state index is 12.8. The van der Waals surface area contributed by atoms with E-state index >= 15 is 0 Å². The van der Waals surface area contributed by atoms with Gasteiger partial charge in [0.25, 0.3) is 0 Å². The van der Waals surface area contributed by atoms with Crippen molar-refractivity contribution in [1.82, 2.24) is 9.62 Å². The first kappa shape index (κ1) is 23.1. The first-order chi connectivity index (χ1) is 16.4. The molecule has 3 aliphatic rings. The Balaban J connectivity index is 1.17. The number of amides is 2. The third-order valence-electron chi connectivity index (χ3n) is 7.23. The summed E-state index contributed by atoms with van der Waals surface area (Å²) >= 11 is 0. The fourth-order valence-corrected chi connectivity index (χ4v) is 6.74. The van der Waals surface area contributed by atoms with Gasteiger partial charge in [0.2, 0.25) is 21.8 Å². The van der Waals surface area contributed by atoms with Crippen molar-refractivity contribution >= 4 is 27.5 Å². The van der Waals surface area contributed by atoms with Crippen molar-refractivity contribution in [2.75, 3.05) is 24.5 Å². The van der Waals surface area contributed by atoms with Crippen molar-refractivity contribution in [2.45, 2.75) is 56.4 Å². The molecule has 2 aromatic rings. The molecule has 2 heterocycles. The number of hydrogen-bond acceptors (Lipinski definition) is 4. The van der Waals surface area contributed by atoms with Gasteiger partial charge in [0, 0.05) is 38.3 Å². The van der Waals surface area contributed by atoms with E-state index in [9.17, 15) is 18.0 Å². The van der Waals surface area contributed by atoms with E-state index in [0.717, 1.165) is 49.8 Å². The van der Waals surface area contributed by atoms with Crippen molar-refractivity contribution in [3.8, 4) is 0 Å². The van der Waals surface area contributed by atoms with E-state index in [1.807, 2.05) is 6.07 Å². The third-order valence-corrected chi connectivity index (χ3v) is 9.15. The number of nitrogens with one attached hydrogen (secondary N) is 1. The number of benzene rings is 2. The molecule has 180 valence electrons. The van der Waals surface area contributed by atoms with Crippen LogP contribution in [0.25, 0.3) is 0 Å². The molecule has 5 rings (SSSR count). The molecule has 0 saturated carbocycles. The monoisotopic (exact) mass is 481 g/mol. The summed E-state index contributed by atoms with van der Waals surface area (Å²) in [5.74, 6) is -0.563. The predicted octanol–water partition coefficient (Wildman–Crippen LogP) is 3.02. The van der Waals surface area contributed by atoms with Gasteiger partial charge >= 0.3 is 0 Å². The number of carbonyl (C=O) groups excluding carboxylic acids is 2. The Morgan fingerprint density at radius 3 is 2.44 bits per heavy atom. The molecule has 1 unspecified atom stereocenters. The molecule has 2 saturated heterocycles. The first-order valence-corrected chi connectivity index (χ1v) is 13.6. The van der Waals surface area contributed by atoms with Crippen LogP contribution < -0.4 is 10.2 Å². The Bertz CT molecular complexity index is 1190. The summed E-state index contributed by atoms with van der Waals surface area (Å²) < 4.78 is 27.2. The van der Waals surface area contributed by atoms with E-state index in [-0.39, 0.29) is 29.0 Å².